The number of aromatic nitrogens is 3. The zero-order valence-electron chi connectivity index (χ0n) is 11.3. The lowest BCUT2D eigenvalue weighted by Gasteiger charge is -2.10. The molecule has 21 heavy (non-hydrogen) atoms. The summed E-state index contributed by atoms with van der Waals surface area (Å²) in [6.45, 7) is 0. The van der Waals surface area contributed by atoms with Gasteiger partial charge in [-0.1, -0.05) is 0 Å². The summed E-state index contributed by atoms with van der Waals surface area (Å²) in [6, 6.07) is 4.81. The van der Waals surface area contributed by atoms with Crippen molar-refractivity contribution in [2.24, 2.45) is 0 Å². The van der Waals surface area contributed by atoms with Gasteiger partial charge in [-0.05, 0) is 18.9 Å². The second kappa shape index (κ2) is 5.33. The highest BCUT2D eigenvalue weighted by Crippen LogP contribution is 2.41. The Labute approximate surface area is 125 Å². The van der Waals surface area contributed by atoms with Crippen molar-refractivity contribution in [1.82, 2.24) is 14.8 Å². The molecule has 0 spiro atoms. The number of benzene rings is 1. The first-order valence-corrected chi connectivity index (χ1v) is 7.01. The number of nitro groups is 1. The largest absolute Gasteiger partial charge is 0.496 e. The van der Waals surface area contributed by atoms with Crippen molar-refractivity contribution in [2.75, 3.05) is 7.11 Å². The third kappa shape index (κ3) is 2.44. The molecule has 0 unspecified atom stereocenters. The number of rotatable bonds is 5. The summed E-state index contributed by atoms with van der Waals surface area (Å²) in [5.41, 5.74) is 0.657. The van der Waals surface area contributed by atoms with Crippen LogP contribution in [0.1, 0.15) is 24.7 Å². The van der Waals surface area contributed by atoms with Crippen LogP contribution in [0, 0.1) is 10.1 Å². The van der Waals surface area contributed by atoms with Crippen LogP contribution in [0.15, 0.2) is 18.2 Å². The van der Waals surface area contributed by atoms with Gasteiger partial charge in [0.2, 0.25) is 0 Å². The number of non-ortho nitro benzene ring substituents is 1. The lowest BCUT2D eigenvalue weighted by Crippen LogP contribution is -2.03. The van der Waals surface area contributed by atoms with E-state index in [1.54, 1.807) is 6.07 Å². The molecular formula is C13H13ClN4O3. The lowest BCUT2D eigenvalue weighted by molar-refractivity contribution is -0.384. The van der Waals surface area contributed by atoms with Crippen LogP contribution in [0.25, 0.3) is 11.4 Å². The SMILES string of the molecule is COc1cc([N+](=O)[O-])ccc1-c1nnc(CCl)n1C1CC1. The fourth-order valence-electron chi connectivity index (χ4n) is 2.29. The monoisotopic (exact) mass is 308 g/mol. The molecule has 0 aliphatic heterocycles. The van der Waals surface area contributed by atoms with E-state index in [0.29, 0.717) is 29.0 Å². The van der Waals surface area contributed by atoms with Gasteiger partial charge in [-0.3, -0.25) is 10.1 Å². The Morgan fingerprint density at radius 2 is 2.24 bits per heavy atom. The van der Waals surface area contributed by atoms with Crippen molar-refractivity contribution in [3.05, 3.63) is 34.1 Å². The molecule has 1 aliphatic carbocycles. The zero-order chi connectivity index (χ0) is 15.0. The van der Waals surface area contributed by atoms with Gasteiger partial charge >= 0.3 is 0 Å². The molecule has 1 aromatic heterocycles. The smallest absolute Gasteiger partial charge is 0.273 e. The van der Waals surface area contributed by atoms with Gasteiger partial charge in [0.05, 0.1) is 29.5 Å². The average Bonchev–Trinajstić information content (AvgIpc) is 3.25. The molecule has 8 heteroatoms. The summed E-state index contributed by atoms with van der Waals surface area (Å²) in [6.07, 6.45) is 2.12. The van der Waals surface area contributed by atoms with Gasteiger partial charge in [0.15, 0.2) is 5.82 Å². The van der Waals surface area contributed by atoms with Gasteiger partial charge < -0.3 is 9.30 Å². The lowest BCUT2D eigenvalue weighted by atomic mass is 10.1. The fraction of sp³-hybridized carbons (Fsp3) is 0.385. The maximum absolute atomic E-state index is 10.9. The van der Waals surface area contributed by atoms with Gasteiger partial charge in [-0.15, -0.1) is 21.8 Å². The summed E-state index contributed by atoms with van der Waals surface area (Å²) < 4.78 is 7.27. The van der Waals surface area contributed by atoms with Crippen molar-refractivity contribution < 1.29 is 9.66 Å². The Hall–Kier alpha value is -2.15. The van der Waals surface area contributed by atoms with Crippen molar-refractivity contribution in [3.8, 4) is 17.1 Å². The molecule has 1 aromatic carbocycles. The van der Waals surface area contributed by atoms with E-state index in [9.17, 15) is 10.1 Å². The predicted octanol–water partition coefficient (Wildman–Crippen LogP) is 2.94. The third-order valence-electron chi connectivity index (χ3n) is 3.43. The third-order valence-corrected chi connectivity index (χ3v) is 3.67. The molecule has 7 nitrogen and oxygen atoms in total. The van der Waals surface area contributed by atoms with Crippen LogP contribution in [0.3, 0.4) is 0 Å². The van der Waals surface area contributed by atoms with E-state index in [4.69, 9.17) is 16.3 Å². The molecule has 0 amide bonds. The first-order chi connectivity index (χ1) is 10.2. The van der Waals surface area contributed by atoms with Gasteiger partial charge in [0.1, 0.15) is 11.6 Å². The number of nitro benzene ring substituents is 1. The maximum atomic E-state index is 10.9. The van der Waals surface area contributed by atoms with Crippen LogP contribution in [0.2, 0.25) is 0 Å². The van der Waals surface area contributed by atoms with E-state index in [0.717, 1.165) is 12.8 Å². The van der Waals surface area contributed by atoms with E-state index in [-0.39, 0.29) is 11.6 Å². The number of methoxy groups -OCH3 is 1. The van der Waals surface area contributed by atoms with Crippen molar-refractivity contribution in [3.63, 3.8) is 0 Å². The first-order valence-electron chi connectivity index (χ1n) is 6.48. The van der Waals surface area contributed by atoms with Crippen molar-refractivity contribution >= 4 is 17.3 Å². The van der Waals surface area contributed by atoms with Crippen LogP contribution >= 0.6 is 11.6 Å². The van der Waals surface area contributed by atoms with Gasteiger partial charge in [-0.25, -0.2) is 0 Å². The van der Waals surface area contributed by atoms with E-state index in [1.807, 2.05) is 4.57 Å². The van der Waals surface area contributed by atoms with E-state index < -0.39 is 4.92 Å². The number of alkyl halides is 1. The highest BCUT2D eigenvalue weighted by atomic mass is 35.5. The summed E-state index contributed by atoms with van der Waals surface area (Å²) in [5.74, 6) is 2.02. The fourth-order valence-corrected chi connectivity index (χ4v) is 2.48. The summed E-state index contributed by atoms with van der Waals surface area (Å²) in [4.78, 5) is 10.4. The highest BCUT2D eigenvalue weighted by Gasteiger charge is 2.30. The minimum absolute atomic E-state index is 0.0225. The molecule has 0 radical (unpaired) electrons. The average molecular weight is 309 g/mol. The van der Waals surface area contributed by atoms with Crippen LogP contribution in [-0.2, 0) is 5.88 Å². The van der Waals surface area contributed by atoms with Crippen LogP contribution < -0.4 is 4.74 Å². The summed E-state index contributed by atoms with van der Waals surface area (Å²) in [7, 11) is 1.48. The van der Waals surface area contributed by atoms with Crippen molar-refractivity contribution in [2.45, 2.75) is 24.8 Å². The van der Waals surface area contributed by atoms with Gasteiger partial charge in [-0.2, -0.15) is 0 Å². The van der Waals surface area contributed by atoms with Gasteiger partial charge in [0, 0.05) is 12.1 Å². The normalized spacial score (nSPS) is 14.2. The maximum Gasteiger partial charge on any atom is 0.273 e. The van der Waals surface area contributed by atoms with Crippen LogP contribution in [0.5, 0.6) is 5.75 Å². The Balaban J connectivity index is 2.12. The second-order valence-electron chi connectivity index (χ2n) is 4.82. The number of halogens is 1. The molecule has 1 aliphatic rings. The molecular weight excluding hydrogens is 296 g/mol. The quantitative estimate of drug-likeness (QED) is 0.482. The van der Waals surface area contributed by atoms with E-state index >= 15 is 0 Å². The second-order valence-corrected chi connectivity index (χ2v) is 5.08. The van der Waals surface area contributed by atoms with Crippen LogP contribution in [-0.4, -0.2) is 26.8 Å². The predicted molar refractivity (Wildman–Crippen MR) is 76.5 cm³/mol. The number of ether oxygens (including phenoxy) is 1. The summed E-state index contributed by atoms with van der Waals surface area (Å²) in [5, 5.41) is 19.1. The molecule has 1 heterocycles. The molecule has 0 saturated heterocycles. The molecule has 0 bridgehead atoms. The minimum atomic E-state index is -0.456. The highest BCUT2D eigenvalue weighted by molar-refractivity contribution is 6.16. The first kappa shape index (κ1) is 13.8. The number of nitrogens with zero attached hydrogens (tertiary/aromatic N) is 4. The molecule has 110 valence electrons. The number of hydrogen-bond acceptors (Lipinski definition) is 5. The van der Waals surface area contributed by atoms with Gasteiger partial charge in [0.25, 0.3) is 5.69 Å². The van der Waals surface area contributed by atoms with E-state index in [1.165, 1.54) is 19.2 Å². The Morgan fingerprint density at radius 1 is 1.48 bits per heavy atom. The van der Waals surface area contributed by atoms with Crippen LogP contribution in [0.4, 0.5) is 5.69 Å². The zero-order valence-corrected chi connectivity index (χ0v) is 12.1. The molecule has 3 rings (SSSR count). The Bertz CT molecular complexity index is 697. The molecule has 0 atom stereocenters. The Morgan fingerprint density at radius 3 is 2.81 bits per heavy atom. The topological polar surface area (TPSA) is 83.1 Å². The molecule has 2 aromatic rings. The van der Waals surface area contributed by atoms with Crippen molar-refractivity contribution in [1.29, 1.82) is 0 Å². The molecule has 0 N–H and O–H groups in total. The number of hydrogen-bond donors (Lipinski definition) is 0. The Kier molecular flexibility index (Phi) is 3.50. The standard InChI is InChI=1S/C13H13ClN4O3/c1-21-11-6-9(18(19)20)4-5-10(11)13-16-15-12(7-14)17(13)8-2-3-8/h4-6,8H,2-3,7H2,1H3. The van der Waals surface area contributed by atoms with E-state index in [2.05, 4.69) is 10.2 Å². The molecule has 1 fully saturated rings. The minimum Gasteiger partial charge on any atom is -0.496 e. The summed E-state index contributed by atoms with van der Waals surface area (Å²) >= 11 is 5.90. The molecule has 1 saturated carbocycles.